The van der Waals surface area contributed by atoms with Gasteiger partial charge in [-0.3, -0.25) is 4.79 Å². The summed E-state index contributed by atoms with van der Waals surface area (Å²) in [5.41, 5.74) is 0.686. The van der Waals surface area contributed by atoms with Crippen LogP contribution in [-0.2, 0) is 0 Å². The summed E-state index contributed by atoms with van der Waals surface area (Å²) in [7, 11) is 0. The Morgan fingerprint density at radius 3 is 2.52 bits per heavy atom. The van der Waals surface area contributed by atoms with E-state index in [4.69, 9.17) is 16.3 Å². The molecule has 0 atom stereocenters. The Kier molecular flexibility index (Phi) is 6.37. The molecule has 1 N–H and O–H groups in total. The first-order valence-electron chi connectivity index (χ1n) is 7.87. The largest absolute Gasteiger partial charge is 0.494 e. The summed E-state index contributed by atoms with van der Waals surface area (Å²) in [6, 6.07) is 7.63. The van der Waals surface area contributed by atoms with Crippen molar-refractivity contribution in [2.45, 2.75) is 56.9 Å². The maximum absolute atomic E-state index is 12.2. The van der Waals surface area contributed by atoms with E-state index in [1.165, 1.54) is 0 Å². The number of halogens is 1. The number of benzene rings is 1. The van der Waals surface area contributed by atoms with Crippen molar-refractivity contribution in [3.63, 3.8) is 0 Å². The van der Waals surface area contributed by atoms with Crippen molar-refractivity contribution in [3.8, 4) is 5.75 Å². The Morgan fingerprint density at radius 1 is 1.24 bits per heavy atom. The van der Waals surface area contributed by atoms with E-state index < -0.39 is 0 Å². The number of hydrogen-bond donors (Lipinski definition) is 1. The van der Waals surface area contributed by atoms with E-state index in [1.807, 2.05) is 24.3 Å². The molecule has 0 bridgehead atoms. The molecule has 1 aromatic carbocycles. The monoisotopic (exact) mass is 309 g/mol. The van der Waals surface area contributed by atoms with E-state index in [9.17, 15) is 4.79 Å². The summed E-state index contributed by atoms with van der Waals surface area (Å²) in [5.74, 6) is 0.816. The van der Waals surface area contributed by atoms with E-state index in [0.717, 1.165) is 50.9 Å². The van der Waals surface area contributed by atoms with E-state index in [2.05, 4.69) is 12.2 Å². The first-order chi connectivity index (χ1) is 10.2. The van der Waals surface area contributed by atoms with Gasteiger partial charge in [0.05, 0.1) is 6.61 Å². The number of nitrogens with one attached hydrogen (secondary N) is 1. The second-order valence-corrected chi connectivity index (χ2v) is 6.27. The van der Waals surface area contributed by atoms with Gasteiger partial charge >= 0.3 is 0 Å². The second kappa shape index (κ2) is 8.28. The number of alkyl halides is 1. The molecule has 0 aromatic heterocycles. The molecule has 0 heterocycles. The van der Waals surface area contributed by atoms with Gasteiger partial charge in [-0.15, -0.1) is 11.6 Å². The van der Waals surface area contributed by atoms with Crippen molar-refractivity contribution >= 4 is 17.5 Å². The van der Waals surface area contributed by atoms with Crippen molar-refractivity contribution in [1.82, 2.24) is 5.32 Å². The van der Waals surface area contributed by atoms with Gasteiger partial charge in [-0.1, -0.05) is 13.3 Å². The molecule has 1 saturated carbocycles. The highest BCUT2D eigenvalue weighted by Crippen LogP contribution is 2.23. The van der Waals surface area contributed by atoms with Crippen LogP contribution in [0.5, 0.6) is 5.75 Å². The van der Waals surface area contributed by atoms with Crippen LogP contribution >= 0.6 is 11.6 Å². The van der Waals surface area contributed by atoms with Gasteiger partial charge < -0.3 is 10.1 Å². The van der Waals surface area contributed by atoms with Gasteiger partial charge in [0.1, 0.15) is 5.75 Å². The normalized spacial score (nSPS) is 21.8. The fourth-order valence-corrected chi connectivity index (χ4v) is 2.75. The Bertz CT molecular complexity index is 439. The Labute approximate surface area is 132 Å². The van der Waals surface area contributed by atoms with Crippen LogP contribution in [0.15, 0.2) is 24.3 Å². The molecule has 21 heavy (non-hydrogen) atoms. The number of unbranched alkanes of at least 4 members (excludes halogenated alkanes) is 1. The number of hydrogen-bond acceptors (Lipinski definition) is 2. The third-order valence-corrected chi connectivity index (χ3v) is 4.31. The minimum Gasteiger partial charge on any atom is -0.494 e. The first-order valence-corrected chi connectivity index (χ1v) is 8.30. The molecule has 1 fully saturated rings. The fraction of sp³-hybridized carbons (Fsp3) is 0.588. The summed E-state index contributed by atoms with van der Waals surface area (Å²) in [6.45, 7) is 2.86. The SMILES string of the molecule is CCCCOc1ccc(C(=O)NC2CCC(Cl)CC2)cc1. The second-order valence-electron chi connectivity index (χ2n) is 5.65. The molecule has 0 spiro atoms. The Balaban J connectivity index is 1.82. The van der Waals surface area contributed by atoms with Crippen molar-refractivity contribution in [3.05, 3.63) is 29.8 Å². The molecule has 2 rings (SSSR count). The van der Waals surface area contributed by atoms with Crippen molar-refractivity contribution < 1.29 is 9.53 Å². The zero-order valence-corrected chi connectivity index (χ0v) is 13.4. The molecule has 0 saturated heterocycles. The number of carbonyl (C=O) groups excluding carboxylic acids is 1. The highest BCUT2D eigenvalue weighted by molar-refractivity contribution is 6.20. The third kappa shape index (κ3) is 5.24. The molecular weight excluding hydrogens is 286 g/mol. The predicted octanol–water partition coefficient (Wildman–Crippen LogP) is 4.15. The van der Waals surface area contributed by atoms with Gasteiger partial charge in [-0.05, 0) is 56.4 Å². The number of amides is 1. The van der Waals surface area contributed by atoms with E-state index in [-0.39, 0.29) is 17.3 Å². The predicted molar refractivity (Wildman–Crippen MR) is 86.2 cm³/mol. The van der Waals surface area contributed by atoms with Crippen LogP contribution in [0.25, 0.3) is 0 Å². The van der Waals surface area contributed by atoms with Gasteiger partial charge in [0.25, 0.3) is 5.91 Å². The number of rotatable bonds is 6. The Morgan fingerprint density at radius 2 is 1.90 bits per heavy atom. The van der Waals surface area contributed by atoms with Crippen molar-refractivity contribution in [1.29, 1.82) is 0 Å². The van der Waals surface area contributed by atoms with Crippen LogP contribution in [0, 0.1) is 0 Å². The van der Waals surface area contributed by atoms with Crippen LogP contribution in [0.2, 0.25) is 0 Å². The summed E-state index contributed by atoms with van der Waals surface area (Å²) in [5, 5.41) is 3.36. The van der Waals surface area contributed by atoms with Gasteiger partial charge in [-0.25, -0.2) is 0 Å². The topological polar surface area (TPSA) is 38.3 Å². The molecule has 116 valence electrons. The van der Waals surface area contributed by atoms with Gasteiger partial charge in [-0.2, -0.15) is 0 Å². The standard InChI is InChI=1S/C17H24ClNO2/c1-2-3-12-21-16-10-4-13(5-11-16)17(20)19-15-8-6-14(18)7-9-15/h4-5,10-11,14-15H,2-3,6-9,12H2,1H3,(H,19,20). The summed E-state index contributed by atoms with van der Waals surface area (Å²) >= 11 is 6.08. The van der Waals surface area contributed by atoms with Gasteiger partial charge in [0.2, 0.25) is 0 Å². The zero-order valence-electron chi connectivity index (χ0n) is 12.6. The van der Waals surface area contributed by atoms with Crippen LogP contribution < -0.4 is 10.1 Å². The van der Waals surface area contributed by atoms with Crippen molar-refractivity contribution in [2.75, 3.05) is 6.61 Å². The molecule has 0 radical (unpaired) electrons. The Hall–Kier alpha value is -1.22. The lowest BCUT2D eigenvalue weighted by Crippen LogP contribution is -2.37. The minimum atomic E-state index is -0.00636. The molecule has 1 aromatic rings. The van der Waals surface area contributed by atoms with Crippen molar-refractivity contribution in [2.24, 2.45) is 0 Å². The lowest BCUT2D eigenvalue weighted by molar-refractivity contribution is 0.0928. The zero-order chi connectivity index (χ0) is 15.1. The molecule has 4 heteroatoms. The minimum absolute atomic E-state index is 0.00636. The summed E-state index contributed by atoms with van der Waals surface area (Å²) in [6.07, 6.45) is 6.07. The highest BCUT2D eigenvalue weighted by Gasteiger charge is 2.21. The van der Waals surface area contributed by atoms with Crippen LogP contribution in [0.1, 0.15) is 55.8 Å². The fourth-order valence-electron chi connectivity index (χ4n) is 2.50. The van der Waals surface area contributed by atoms with E-state index in [0.29, 0.717) is 5.56 Å². The molecule has 0 unspecified atom stereocenters. The maximum atomic E-state index is 12.2. The van der Waals surface area contributed by atoms with Gasteiger partial charge in [0, 0.05) is 17.0 Å². The van der Waals surface area contributed by atoms with Crippen LogP contribution in [-0.4, -0.2) is 23.9 Å². The van der Waals surface area contributed by atoms with Gasteiger partial charge in [0.15, 0.2) is 0 Å². The number of ether oxygens (including phenoxy) is 1. The smallest absolute Gasteiger partial charge is 0.251 e. The lowest BCUT2D eigenvalue weighted by Gasteiger charge is -2.25. The average Bonchev–Trinajstić information content (AvgIpc) is 2.50. The summed E-state index contributed by atoms with van der Waals surface area (Å²) in [4.78, 5) is 12.2. The quantitative estimate of drug-likeness (QED) is 0.633. The van der Waals surface area contributed by atoms with Crippen LogP contribution in [0.4, 0.5) is 0 Å². The molecule has 3 nitrogen and oxygen atoms in total. The molecule has 0 aliphatic heterocycles. The maximum Gasteiger partial charge on any atom is 0.251 e. The van der Waals surface area contributed by atoms with E-state index in [1.54, 1.807) is 0 Å². The first kappa shape index (κ1) is 16.2. The van der Waals surface area contributed by atoms with Crippen LogP contribution in [0.3, 0.4) is 0 Å². The summed E-state index contributed by atoms with van der Waals surface area (Å²) < 4.78 is 5.60. The molecule has 1 aliphatic rings. The van der Waals surface area contributed by atoms with E-state index >= 15 is 0 Å². The highest BCUT2D eigenvalue weighted by atomic mass is 35.5. The average molecular weight is 310 g/mol. The molecule has 1 amide bonds. The number of carbonyl (C=O) groups is 1. The molecule has 1 aliphatic carbocycles. The molecular formula is C17H24ClNO2. The lowest BCUT2D eigenvalue weighted by atomic mass is 9.95. The third-order valence-electron chi connectivity index (χ3n) is 3.88.